The molecule has 22 heavy (non-hydrogen) atoms. The summed E-state index contributed by atoms with van der Waals surface area (Å²) in [5, 5.41) is 0. The quantitative estimate of drug-likeness (QED) is 0.852. The van der Waals surface area contributed by atoms with E-state index in [2.05, 4.69) is 0 Å². The van der Waals surface area contributed by atoms with Crippen LogP contribution >= 0.6 is 0 Å². The summed E-state index contributed by atoms with van der Waals surface area (Å²) in [6.45, 7) is 1.76. The lowest BCUT2D eigenvalue weighted by Gasteiger charge is -2.21. The Bertz CT molecular complexity index is 696. The van der Waals surface area contributed by atoms with Crippen molar-refractivity contribution in [1.29, 1.82) is 0 Å². The Balaban J connectivity index is 1.50. The Hall–Kier alpha value is -2.56. The molecule has 4 rings (SSSR count). The molecule has 0 N–H and O–H groups in total. The zero-order chi connectivity index (χ0) is 15.1. The predicted octanol–water partition coefficient (Wildman–Crippen LogP) is 2.01. The van der Waals surface area contributed by atoms with E-state index in [1.807, 2.05) is 35.2 Å². The minimum Gasteiger partial charge on any atom is -0.459 e. The molecule has 5 heteroatoms. The summed E-state index contributed by atoms with van der Waals surface area (Å²) in [5.41, 5.74) is 0.936. The maximum Gasteiger partial charge on any atom is 0.289 e. The van der Waals surface area contributed by atoms with E-state index in [0.29, 0.717) is 25.4 Å². The molecule has 2 saturated heterocycles. The number of likely N-dealkylation sites (tertiary alicyclic amines) is 1. The van der Waals surface area contributed by atoms with Crippen LogP contribution in [0.5, 0.6) is 0 Å². The van der Waals surface area contributed by atoms with E-state index in [9.17, 15) is 9.59 Å². The molecule has 0 spiro atoms. The SMILES string of the molecule is O=C(c1ccco1)N1C[C@H]2CN(c3ccccc3)C(=O)[C@H]2C1. The van der Waals surface area contributed by atoms with E-state index < -0.39 is 0 Å². The van der Waals surface area contributed by atoms with Crippen LogP contribution in [0.25, 0.3) is 0 Å². The van der Waals surface area contributed by atoms with Crippen LogP contribution in [0.1, 0.15) is 10.6 Å². The van der Waals surface area contributed by atoms with Crippen LogP contribution < -0.4 is 4.90 Å². The number of furan rings is 1. The molecule has 1 aromatic heterocycles. The highest BCUT2D eigenvalue weighted by Gasteiger charge is 2.48. The van der Waals surface area contributed by atoms with Gasteiger partial charge < -0.3 is 14.2 Å². The number of carbonyl (C=O) groups is 2. The van der Waals surface area contributed by atoms with Crippen molar-refractivity contribution in [3.63, 3.8) is 0 Å². The van der Waals surface area contributed by atoms with E-state index in [0.717, 1.165) is 5.69 Å². The molecule has 2 aliphatic rings. The van der Waals surface area contributed by atoms with Crippen LogP contribution in [0.15, 0.2) is 53.1 Å². The highest BCUT2D eigenvalue weighted by atomic mass is 16.3. The van der Waals surface area contributed by atoms with Crippen LogP contribution in [0.3, 0.4) is 0 Å². The number of anilines is 1. The molecule has 2 atom stereocenters. The summed E-state index contributed by atoms with van der Waals surface area (Å²) in [4.78, 5) is 28.5. The molecule has 0 aliphatic carbocycles. The zero-order valence-corrected chi connectivity index (χ0v) is 12.0. The van der Waals surface area contributed by atoms with Crippen molar-refractivity contribution in [3.8, 4) is 0 Å². The lowest BCUT2D eigenvalue weighted by molar-refractivity contribution is -0.120. The third kappa shape index (κ3) is 2.01. The summed E-state index contributed by atoms with van der Waals surface area (Å²) in [7, 11) is 0. The molecule has 112 valence electrons. The summed E-state index contributed by atoms with van der Waals surface area (Å²) in [6.07, 6.45) is 1.49. The van der Waals surface area contributed by atoms with Gasteiger partial charge in [0.25, 0.3) is 5.91 Å². The highest BCUT2D eigenvalue weighted by molar-refractivity contribution is 5.99. The van der Waals surface area contributed by atoms with Crippen LogP contribution in [-0.2, 0) is 4.79 Å². The Morgan fingerprint density at radius 1 is 1.05 bits per heavy atom. The second-order valence-corrected chi connectivity index (χ2v) is 5.84. The first kappa shape index (κ1) is 13.1. The molecule has 0 saturated carbocycles. The van der Waals surface area contributed by atoms with Crippen LogP contribution in [0, 0.1) is 11.8 Å². The molecule has 0 unspecified atom stereocenters. The van der Waals surface area contributed by atoms with Crippen molar-refractivity contribution < 1.29 is 14.0 Å². The lowest BCUT2D eigenvalue weighted by atomic mass is 10.0. The second-order valence-electron chi connectivity index (χ2n) is 5.84. The van der Waals surface area contributed by atoms with Gasteiger partial charge in [0.2, 0.25) is 5.91 Å². The Morgan fingerprint density at radius 3 is 2.55 bits per heavy atom. The summed E-state index contributed by atoms with van der Waals surface area (Å²) >= 11 is 0. The topological polar surface area (TPSA) is 53.8 Å². The average Bonchev–Trinajstić information content (AvgIpc) is 3.25. The monoisotopic (exact) mass is 296 g/mol. The van der Waals surface area contributed by atoms with Crippen molar-refractivity contribution in [2.45, 2.75) is 0 Å². The summed E-state index contributed by atoms with van der Waals surface area (Å²) in [5.74, 6) is 0.433. The van der Waals surface area contributed by atoms with Gasteiger partial charge in [-0.1, -0.05) is 18.2 Å². The predicted molar refractivity (Wildman–Crippen MR) is 80.4 cm³/mol. The van der Waals surface area contributed by atoms with Gasteiger partial charge in [-0.2, -0.15) is 0 Å². The maximum absolute atomic E-state index is 12.6. The Kier molecular flexibility index (Phi) is 2.99. The molecule has 1 aromatic carbocycles. The minimum absolute atomic E-state index is 0.0980. The maximum atomic E-state index is 12.6. The molecule has 2 aromatic rings. The third-order valence-corrected chi connectivity index (χ3v) is 4.53. The van der Waals surface area contributed by atoms with Crippen molar-refractivity contribution in [2.24, 2.45) is 11.8 Å². The average molecular weight is 296 g/mol. The van der Waals surface area contributed by atoms with E-state index in [-0.39, 0.29) is 23.7 Å². The molecule has 2 amide bonds. The van der Waals surface area contributed by atoms with E-state index in [4.69, 9.17) is 4.42 Å². The number of para-hydroxylation sites is 1. The number of nitrogens with zero attached hydrogens (tertiary/aromatic N) is 2. The van der Waals surface area contributed by atoms with Gasteiger partial charge in [-0.25, -0.2) is 0 Å². The molecule has 0 bridgehead atoms. The van der Waals surface area contributed by atoms with E-state index in [1.54, 1.807) is 17.0 Å². The first-order valence-corrected chi connectivity index (χ1v) is 7.43. The highest BCUT2D eigenvalue weighted by Crippen LogP contribution is 2.35. The molecule has 3 heterocycles. The fourth-order valence-corrected chi connectivity index (χ4v) is 3.42. The largest absolute Gasteiger partial charge is 0.459 e. The molecule has 5 nitrogen and oxygen atoms in total. The van der Waals surface area contributed by atoms with Gasteiger partial charge in [0.1, 0.15) is 0 Å². The Labute approximate surface area is 128 Å². The van der Waals surface area contributed by atoms with Gasteiger partial charge in [0, 0.05) is 31.2 Å². The number of hydrogen-bond acceptors (Lipinski definition) is 3. The van der Waals surface area contributed by atoms with Gasteiger partial charge in [-0.3, -0.25) is 9.59 Å². The van der Waals surface area contributed by atoms with Crippen molar-refractivity contribution in [2.75, 3.05) is 24.5 Å². The first-order valence-electron chi connectivity index (χ1n) is 7.43. The third-order valence-electron chi connectivity index (χ3n) is 4.53. The molecular formula is C17H16N2O3. The Morgan fingerprint density at radius 2 is 1.86 bits per heavy atom. The van der Waals surface area contributed by atoms with Crippen molar-refractivity contribution in [1.82, 2.24) is 4.90 Å². The van der Waals surface area contributed by atoms with E-state index in [1.165, 1.54) is 6.26 Å². The van der Waals surface area contributed by atoms with Crippen molar-refractivity contribution >= 4 is 17.5 Å². The molecule has 2 aliphatic heterocycles. The fraction of sp³-hybridized carbons (Fsp3) is 0.294. The number of amides is 2. The molecular weight excluding hydrogens is 280 g/mol. The van der Waals surface area contributed by atoms with E-state index >= 15 is 0 Å². The van der Waals surface area contributed by atoms with Gasteiger partial charge >= 0.3 is 0 Å². The van der Waals surface area contributed by atoms with Gasteiger partial charge in [0.05, 0.1) is 12.2 Å². The number of carbonyl (C=O) groups excluding carboxylic acids is 2. The standard InChI is InChI=1S/C17H16N2O3/c20-16-14-11-18(17(21)15-7-4-8-22-15)9-12(14)10-19(16)13-5-2-1-3-6-13/h1-8,12,14H,9-11H2/t12-,14-/m0/s1. The van der Waals surface area contributed by atoms with Crippen molar-refractivity contribution in [3.05, 3.63) is 54.5 Å². The summed E-state index contributed by atoms with van der Waals surface area (Å²) in [6, 6.07) is 13.1. The van der Waals surface area contributed by atoms with Gasteiger partial charge in [0.15, 0.2) is 5.76 Å². The number of benzene rings is 1. The minimum atomic E-state index is -0.126. The second kappa shape index (κ2) is 5.02. The van der Waals surface area contributed by atoms with Gasteiger partial charge in [-0.05, 0) is 24.3 Å². The number of hydrogen-bond donors (Lipinski definition) is 0. The number of fused-ring (bicyclic) bond motifs is 1. The van der Waals surface area contributed by atoms with Crippen LogP contribution in [-0.4, -0.2) is 36.3 Å². The first-order chi connectivity index (χ1) is 10.7. The molecule has 0 radical (unpaired) electrons. The molecule has 2 fully saturated rings. The lowest BCUT2D eigenvalue weighted by Crippen LogP contribution is -2.35. The van der Waals surface area contributed by atoms with Crippen LogP contribution in [0.4, 0.5) is 5.69 Å². The fourth-order valence-electron chi connectivity index (χ4n) is 3.42. The number of rotatable bonds is 2. The van der Waals surface area contributed by atoms with Crippen LogP contribution in [0.2, 0.25) is 0 Å². The normalized spacial score (nSPS) is 23.9. The summed E-state index contributed by atoms with van der Waals surface area (Å²) < 4.78 is 5.16. The van der Waals surface area contributed by atoms with Gasteiger partial charge in [-0.15, -0.1) is 0 Å². The smallest absolute Gasteiger partial charge is 0.289 e. The zero-order valence-electron chi connectivity index (χ0n) is 12.0.